The molecule has 154 valence electrons. The molecule has 0 saturated carbocycles. The van der Waals surface area contributed by atoms with Gasteiger partial charge >= 0.3 is 5.97 Å². The Morgan fingerprint density at radius 3 is 2.40 bits per heavy atom. The van der Waals surface area contributed by atoms with Crippen molar-refractivity contribution in [2.45, 2.75) is 19.4 Å². The van der Waals surface area contributed by atoms with Crippen molar-refractivity contribution in [1.82, 2.24) is 0 Å². The summed E-state index contributed by atoms with van der Waals surface area (Å²) >= 11 is 0. The maximum Gasteiger partial charge on any atom is 0.311 e. The molecule has 1 amide bonds. The number of carbonyl (C=O) groups excluding carboxylic acids is 2. The van der Waals surface area contributed by atoms with Crippen LogP contribution in [0.2, 0.25) is 0 Å². The van der Waals surface area contributed by atoms with Crippen LogP contribution in [0.1, 0.15) is 12.5 Å². The maximum atomic E-state index is 13.8. The first-order valence-electron chi connectivity index (χ1n) is 9.45. The summed E-state index contributed by atoms with van der Waals surface area (Å²) in [6.07, 6.45) is -1.16. The number of hydrogen-bond donors (Lipinski definition) is 1. The topological polar surface area (TPSA) is 64.6 Å². The molecule has 1 N–H and O–H groups in total. The Kier molecular flexibility index (Phi) is 6.80. The Bertz CT molecular complexity index is 1040. The lowest BCUT2D eigenvalue weighted by Crippen LogP contribution is -2.30. The summed E-state index contributed by atoms with van der Waals surface area (Å²) in [5.74, 6) is -1.55. The summed E-state index contributed by atoms with van der Waals surface area (Å²) in [4.78, 5) is 24.7. The predicted octanol–water partition coefficient (Wildman–Crippen LogP) is 4.61. The van der Waals surface area contributed by atoms with Gasteiger partial charge < -0.3 is 14.8 Å². The van der Waals surface area contributed by atoms with E-state index in [2.05, 4.69) is 5.32 Å². The molecule has 1 atom stereocenters. The van der Waals surface area contributed by atoms with Crippen LogP contribution in [0.4, 0.5) is 10.1 Å². The maximum absolute atomic E-state index is 13.8. The lowest BCUT2D eigenvalue weighted by molar-refractivity contribution is -0.152. The van der Waals surface area contributed by atoms with Crippen LogP contribution in [-0.4, -0.2) is 25.1 Å². The number of rotatable bonds is 7. The molecule has 0 bridgehead atoms. The van der Waals surface area contributed by atoms with E-state index in [0.29, 0.717) is 11.3 Å². The highest BCUT2D eigenvalue weighted by atomic mass is 19.1. The predicted molar refractivity (Wildman–Crippen MR) is 113 cm³/mol. The molecule has 0 heterocycles. The van der Waals surface area contributed by atoms with Gasteiger partial charge in [-0.2, -0.15) is 0 Å². The number of amides is 1. The summed E-state index contributed by atoms with van der Waals surface area (Å²) in [6, 6.07) is 21.3. The van der Waals surface area contributed by atoms with Gasteiger partial charge in [-0.25, -0.2) is 4.39 Å². The molecule has 0 saturated heterocycles. The van der Waals surface area contributed by atoms with Crippen molar-refractivity contribution < 1.29 is 23.5 Å². The van der Waals surface area contributed by atoms with Crippen LogP contribution in [0.15, 0.2) is 72.8 Å². The third-order valence-corrected chi connectivity index (χ3v) is 4.51. The number of hydrogen-bond acceptors (Lipinski definition) is 4. The average Bonchev–Trinajstić information content (AvgIpc) is 2.74. The van der Waals surface area contributed by atoms with E-state index >= 15 is 0 Å². The molecule has 0 aliphatic carbocycles. The fraction of sp³-hybridized carbons (Fsp3) is 0.167. The highest BCUT2D eigenvalue weighted by Gasteiger charge is 2.19. The van der Waals surface area contributed by atoms with E-state index in [1.807, 2.05) is 48.5 Å². The second kappa shape index (κ2) is 9.69. The number of nitrogens with one attached hydrogen (secondary N) is 1. The summed E-state index contributed by atoms with van der Waals surface area (Å²) < 4.78 is 23.9. The summed E-state index contributed by atoms with van der Waals surface area (Å²) in [7, 11) is 1.36. The minimum absolute atomic E-state index is 0.0944. The number of carbonyl (C=O) groups is 2. The van der Waals surface area contributed by atoms with Crippen molar-refractivity contribution in [2.75, 3.05) is 12.4 Å². The van der Waals surface area contributed by atoms with Gasteiger partial charge in [-0.3, -0.25) is 9.59 Å². The fourth-order valence-corrected chi connectivity index (χ4v) is 2.97. The number of ether oxygens (including phenoxy) is 2. The fourth-order valence-electron chi connectivity index (χ4n) is 2.97. The van der Waals surface area contributed by atoms with Crippen LogP contribution in [0.5, 0.6) is 5.75 Å². The number of methoxy groups -OCH3 is 1. The molecule has 0 radical (unpaired) electrons. The minimum atomic E-state index is -1.01. The normalized spacial score (nSPS) is 11.4. The van der Waals surface area contributed by atoms with Gasteiger partial charge in [0.2, 0.25) is 0 Å². The summed E-state index contributed by atoms with van der Waals surface area (Å²) in [5, 5.41) is 2.81. The zero-order valence-corrected chi connectivity index (χ0v) is 16.7. The van der Waals surface area contributed by atoms with Gasteiger partial charge in [0.25, 0.3) is 5.91 Å². The number of esters is 1. The SMILES string of the molecule is COc1ccc(CC(=O)O[C@@H](C)C(=O)Nc2ccccc2-c2ccccc2)cc1F. The molecule has 6 heteroatoms. The third kappa shape index (κ3) is 5.23. The van der Waals surface area contributed by atoms with Crippen LogP contribution in [0, 0.1) is 5.82 Å². The largest absolute Gasteiger partial charge is 0.494 e. The lowest BCUT2D eigenvalue weighted by atomic mass is 10.0. The molecular formula is C24H22FNO4. The van der Waals surface area contributed by atoms with Crippen LogP contribution in [0.25, 0.3) is 11.1 Å². The van der Waals surface area contributed by atoms with E-state index < -0.39 is 23.8 Å². The van der Waals surface area contributed by atoms with Gasteiger partial charge in [0, 0.05) is 11.3 Å². The first-order valence-corrected chi connectivity index (χ1v) is 9.45. The van der Waals surface area contributed by atoms with E-state index in [9.17, 15) is 14.0 Å². The molecule has 5 nitrogen and oxygen atoms in total. The van der Waals surface area contributed by atoms with Crippen molar-refractivity contribution in [3.8, 4) is 16.9 Å². The van der Waals surface area contributed by atoms with Crippen molar-refractivity contribution in [2.24, 2.45) is 0 Å². The molecule has 30 heavy (non-hydrogen) atoms. The van der Waals surface area contributed by atoms with E-state index in [1.54, 1.807) is 12.1 Å². The van der Waals surface area contributed by atoms with Crippen LogP contribution in [-0.2, 0) is 20.7 Å². The molecule has 0 unspecified atom stereocenters. The highest BCUT2D eigenvalue weighted by Crippen LogP contribution is 2.27. The Hall–Kier alpha value is -3.67. The molecule has 0 aliphatic rings. The Morgan fingerprint density at radius 1 is 1.00 bits per heavy atom. The molecule has 0 spiro atoms. The summed E-state index contributed by atoms with van der Waals surface area (Å²) in [5.41, 5.74) is 2.87. The standard InChI is InChI=1S/C24H22FNO4/c1-16(30-23(27)15-17-12-13-22(29-2)20(25)14-17)24(28)26-21-11-7-6-10-19(21)18-8-4-3-5-9-18/h3-14,16H,15H2,1-2H3,(H,26,28)/t16-/m0/s1. The van der Waals surface area contributed by atoms with Crippen molar-refractivity contribution in [3.05, 3.63) is 84.2 Å². The lowest BCUT2D eigenvalue weighted by Gasteiger charge is -2.16. The molecule has 0 fully saturated rings. The van der Waals surface area contributed by atoms with Gasteiger partial charge in [0.05, 0.1) is 13.5 Å². The molecule has 0 aromatic heterocycles. The molecule has 3 aromatic rings. The molecule has 0 aliphatic heterocycles. The smallest absolute Gasteiger partial charge is 0.311 e. The summed E-state index contributed by atoms with van der Waals surface area (Å²) in [6.45, 7) is 1.49. The zero-order valence-electron chi connectivity index (χ0n) is 16.7. The minimum Gasteiger partial charge on any atom is -0.494 e. The van der Waals surface area contributed by atoms with Crippen molar-refractivity contribution in [1.29, 1.82) is 0 Å². The Morgan fingerprint density at radius 2 is 1.70 bits per heavy atom. The van der Waals surface area contributed by atoms with Crippen molar-refractivity contribution >= 4 is 17.6 Å². The van der Waals surface area contributed by atoms with Gasteiger partial charge in [-0.1, -0.05) is 54.6 Å². The molecule has 3 aromatic carbocycles. The second-order valence-corrected chi connectivity index (χ2v) is 6.68. The van der Waals surface area contributed by atoms with E-state index in [0.717, 1.165) is 11.1 Å². The van der Waals surface area contributed by atoms with E-state index in [4.69, 9.17) is 9.47 Å². The average molecular weight is 407 g/mol. The second-order valence-electron chi connectivity index (χ2n) is 6.68. The third-order valence-electron chi connectivity index (χ3n) is 4.51. The Balaban J connectivity index is 1.63. The quantitative estimate of drug-likeness (QED) is 0.581. The van der Waals surface area contributed by atoms with Gasteiger partial charge in [-0.15, -0.1) is 0 Å². The van der Waals surface area contributed by atoms with Gasteiger partial charge in [0.15, 0.2) is 17.7 Å². The van der Waals surface area contributed by atoms with Crippen LogP contribution in [0.3, 0.4) is 0 Å². The number of anilines is 1. The zero-order chi connectivity index (χ0) is 21.5. The number of halogens is 1. The van der Waals surface area contributed by atoms with Gasteiger partial charge in [0.1, 0.15) is 0 Å². The molecule has 3 rings (SSSR count). The van der Waals surface area contributed by atoms with E-state index in [-0.39, 0.29) is 12.2 Å². The first-order chi connectivity index (χ1) is 14.5. The van der Waals surface area contributed by atoms with Crippen LogP contribution < -0.4 is 10.1 Å². The number of para-hydroxylation sites is 1. The first kappa shape index (κ1) is 21.0. The van der Waals surface area contributed by atoms with Gasteiger partial charge in [-0.05, 0) is 36.2 Å². The van der Waals surface area contributed by atoms with Crippen molar-refractivity contribution in [3.63, 3.8) is 0 Å². The van der Waals surface area contributed by atoms with Crippen LogP contribution >= 0.6 is 0 Å². The monoisotopic (exact) mass is 407 g/mol. The number of benzene rings is 3. The van der Waals surface area contributed by atoms with E-state index in [1.165, 1.54) is 26.2 Å². The highest BCUT2D eigenvalue weighted by molar-refractivity contribution is 5.98. The molecular weight excluding hydrogens is 385 g/mol. The Labute approximate surface area is 174 Å².